The first-order valence-corrected chi connectivity index (χ1v) is 6.44. The van der Waals surface area contributed by atoms with Crippen LogP contribution in [0, 0.1) is 11.6 Å². The summed E-state index contributed by atoms with van der Waals surface area (Å²) >= 11 is 0.694. The molecule has 5 nitrogen and oxygen atoms in total. The second-order valence-electron chi connectivity index (χ2n) is 3.97. The Hall–Kier alpha value is -1.51. The van der Waals surface area contributed by atoms with Gasteiger partial charge >= 0.3 is 5.97 Å². The van der Waals surface area contributed by atoms with Gasteiger partial charge in [0.25, 0.3) is 0 Å². The Bertz CT molecular complexity index is 512. The van der Waals surface area contributed by atoms with Gasteiger partial charge in [0, 0.05) is 12.7 Å². The minimum Gasteiger partial charge on any atom is -0.478 e. The zero-order valence-electron chi connectivity index (χ0n) is 10.3. The molecule has 0 bridgehead atoms. The molecule has 2 unspecified atom stereocenters. The molecule has 0 saturated heterocycles. The quantitative estimate of drug-likeness (QED) is 0.760. The number of carbonyl (C=O) groups is 2. The van der Waals surface area contributed by atoms with Crippen LogP contribution >= 0.6 is 11.8 Å². The number of hydrogen-bond acceptors (Lipinski definition) is 5. The number of aliphatic hydroxyl groups excluding tert-OH is 2. The summed E-state index contributed by atoms with van der Waals surface area (Å²) in [6.45, 7) is 1.24. The first-order chi connectivity index (χ1) is 9.23. The van der Waals surface area contributed by atoms with Crippen LogP contribution in [-0.4, -0.2) is 38.3 Å². The number of carbonyl (C=O) groups excluding carboxylic acids is 1. The molecule has 0 aliphatic carbocycles. The largest absolute Gasteiger partial charge is 0.478 e. The Morgan fingerprint density at radius 3 is 2.15 bits per heavy atom. The zero-order valence-corrected chi connectivity index (χ0v) is 11.2. The molecule has 0 aromatic heterocycles. The Morgan fingerprint density at radius 2 is 1.75 bits per heavy atom. The highest BCUT2D eigenvalue weighted by Gasteiger charge is 2.26. The van der Waals surface area contributed by atoms with E-state index in [1.807, 2.05) is 0 Å². The Kier molecular flexibility index (Phi) is 5.61. The van der Waals surface area contributed by atoms with Gasteiger partial charge in [-0.15, -0.1) is 0 Å². The Morgan fingerprint density at radius 1 is 1.25 bits per heavy atom. The molecular weight excluding hydrogens is 294 g/mol. The number of carboxylic acids is 1. The number of carboxylic acid groups (broad SMARTS) is 1. The molecule has 1 rings (SSSR count). The summed E-state index contributed by atoms with van der Waals surface area (Å²) in [4.78, 5) is 21.3. The van der Waals surface area contributed by atoms with Gasteiger partial charge in [-0.1, -0.05) is 11.8 Å². The lowest BCUT2D eigenvalue weighted by molar-refractivity contribution is -0.109. The molecule has 0 heterocycles. The maximum absolute atomic E-state index is 13.6. The molecule has 0 aliphatic rings. The number of halogens is 2. The first kappa shape index (κ1) is 16.5. The second kappa shape index (κ2) is 6.78. The lowest BCUT2D eigenvalue weighted by Gasteiger charge is -2.18. The summed E-state index contributed by atoms with van der Waals surface area (Å²) in [5, 5.41) is 27.6. The fourth-order valence-corrected chi connectivity index (χ4v) is 2.06. The van der Waals surface area contributed by atoms with Crippen molar-refractivity contribution >= 4 is 22.8 Å². The topological polar surface area (TPSA) is 94.8 Å². The fourth-order valence-electron chi connectivity index (χ4n) is 1.48. The maximum atomic E-state index is 13.6. The van der Waals surface area contributed by atoms with Gasteiger partial charge in [-0.2, -0.15) is 0 Å². The molecule has 0 fully saturated rings. The van der Waals surface area contributed by atoms with E-state index >= 15 is 0 Å². The average Bonchev–Trinajstić information content (AvgIpc) is 2.34. The number of hydrogen-bond donors (Lipinski definition) is 3. The molecule has 110 valence electrons. The van der Waals surface area contributed by atoms with E-state index in [4.69, 9.17) is 5.11 Å². The van der Waals surface area contributed by atoms with Gasteiger partial charge in [-0.25, -0.2) is 13.6 Å². The summed E-state index contributed by atoms with van der Waals surface area (Å²) in [6, 6.07) is 1.10. The van der Waals surface area contributed by atoms with Crippen LogP contribution in [0.15, 0.2) is 12.1 Å². The van der Waals surface area contributed by atoms with Gasteiger partial charge in [0.2, 0.25) is 0 Å². The monoisotopic (exact) mass is 306 g/mol. The first-order valence-electron chi connectivity index (χ1n) is 5.45. The molecule has 0 spiro atoms. The van der Waals surface area contributed by atoms with E-state index in [0.717, 1.165) is 0 Å². The molecule has 0 radical (unpaired) electrons. The average molecular weight is 306 g/mol. The van der Waals surface area contributed by atoms with Crippen LogP contribution in [0.1, 0.15) is 28.9 Å². The van der Waals surface area contributed by atoms with E-state index in [1.54, 1.807) is 0 Å². The molecule has 0 amide bonds. The van der Waals surface area contributed by atoms with Crippen molar-refractivity contribution < 1.29 is 33.7 Å². The van der Waals surface area contributed by atoms with Gasteiger partial charge in [0.15, 0.2) is 5.12 Å². The van der Waals surface area contributed by atoms with E-state index in [1.165, 1.54) is 6.92 Å². The molecule has 1 aromatic carbocycles. The van der Waals surface area contributed by atoms with Crippen LogP contribution in [-0.2, 0) is 4.79 Å². The van der Waals surface area contributed by atoms with Crippen LogP contribution in [0.3, 0.4) is 0 Å². The van der Waals surface area contributed by atoms with Crippen molar-refractivity contribution in [2.45, 2.75) is 19.1 Å². The molecule has 0 saturated carbocycles. The molecule has 1 aromatic rings. The van der Waals surface area contributed by atoms with Crippen molar-refractivity contribution in [3.05, 3.63) is 34.9 Å². The third kappa shape index (κ3) is 3.99. The van der Waals surface area contributed by atoms with E-state index in [9.17, 15) is 28.6 Å². The fraction of sp³-hybridized carbons (Fsp3) is 0.333. The molecule has 20 heavy (non-hydrogen) atoms. The predicted octanol–water partition coefficient (Wildman–Crippen LogP) is 1.34. The maximum Gasteiger partial charge on any atom is 0.335 e. The van der Waals surface area contributed by atoms with Gasteiger partial charge in [-0.3, -0.25) is 4.79 Å². The summed E-state index contributed by atoms with van der Waals surface area (Å²) in [6.07, 6.45) is -3.46. The van der Waals surface area contributed by atoms with Crippen molar-refractivity contribution in [2.24, 2.45) is 0 Å². The number of rotatable bonds is 5. The van der Waals surface area contributed by atoms with Gasteiger partial charge < -0.3 is 15.3 Å². The van der Waals surface area contributed by atoms with Crippen LogP contribution in [0.25, 0.3) is 0 Å². The summed E-state index contributed by atoms with van der Waals surface area (Å²) in [5.41, 5.74) is -1.43. The van der Waals surface area contributed by atoms with Crippen molar-refractivity contribution in [1.82, 2.24) is 0 Å². The Labute approximate surface area is 117 Å². The zero-order chi connectivity index (χ0) is 15.4. The van der Waals surface area contributed by atoms with Gasteiger partial charge in [0.1, 0.15) is 17.7 Å². The highest BCUT2D eigenvalue weighted by molar-refractivity contribution is 8.13. The van der Waals surface area contributed by atoms with Gasteiger partial charge in [0.05, 0.1) is 17.2 Å². The smallest absolute Gasteiger partial charge is 0.335 e. The number of aromatic carboxylic acids is 1. The van der Waals surface area contributed by atoms with E-state index in [-0.39, 0.29) is 10.9 Å². The van der Waals surface area contributed by atoms with Crippen molar-refractivity contribution in [1.29, 1.82) is 0 Å². The van der Waals surface area contributed by atoms with E-state index in [0.29, 0.717) is 23.9 Å². The van der Waals surface area contributed by atoms with E-state index in [2.05, 4.69) is 0 Å². The highest BCUT2D eigenvalue weighted by Crippen LogP contribution is 2.26. The summed E-state index contributed by atoms with van der Waals surface area (Å²) < 4.78 is 27.3. The number of benzene rings is 1. The molecular formula is C12H12F2O5S. The minimum absolute atomic E-state index is 0.240. The SMILES string of the molecule is CC(=O)SCC(O)C(O)c1c(F)cc(C(=O)O)cc1F. The number of thioether (sulfide) groups is 1. The minimum atomic E-state index is -1.90. The second-order valence-corrected chi connectivity index (χ2v) is 5.17. The van der Waals surface area contributed by atoms with Crippen molar-refractivity contribution in [2.75, 3.05) is 5.75 Å². The van der Waals surface area contributed by atoms with Crippen LogP contribution < -0.4 is 0 Å². The Balaban J connectivity index is 3.01. The van der Waals surface area contributed by atoms with Crippen LogP contribution in [0.2, 0.25) is 0 Å². The molecule has 8 heteroatoms. The van der Waals surface area contributed by atoms with Crippen LogP contribution in [0.4, 0.5) is 8.78 Å². The number of aliphatic hydroxyl groups is 2. The molecule has 3 N–H and O–H groups in total. The third-order valence-electron chi connectivity index (χ3n) is 2.44. The van der Waals surface area contributed by atoms with Crippen molar-refractivity contribution in [3.8, 4) is 0 Å². The predicted molar refractivity (Wildman–Crippen MR) is 67.4 cm³/mol. The molecule has 2 atom stereocenters. The summed E-state index contributed by atoms with van der Waals surface area (Å²) in [7, 11) is 0. The van der Waals surface area contributed by atoms with E-state index < -0.39 is 40.9 Å². The third-order valence-corrected chi connectivity index (χ3v) is 3.36. The highest BCUT2D eigenvalue weighted by atomic mass is 32.2. The standard InChI is InChI=1S/C12H12F2O5S/c1-5(15)20-4-9(16)11(17)10-7(13)2-6(12(18)19)3-8(10)14/h2-3,9,11,16-17H,4H2,1H3,(H,18,19). The normalized spacial score (nSPS) is 13.8. The molecule has 0 aliphatic heterocycles. The van der Waals surface area contributed by atoms with Crippen molar-refractivity contribution in [3.63, 3.8) is 0 Å². The van der Waals surface area contributed by atoms with Crippen LogP contribution in [0.5, 0.6) is 0 Å². The lowest BCUT2D eigenvalue weighted by Crippen LogP contribution is -2.23. The summed E-state index contributed by atoms with van der Waals surface area (Å²) in [5.74, 6) is -4.31. The lowest BCUT2D eigenvalue weighted by atomic mass is 10.0. The van der Waals surface area contributed by atoms with Gasteiger partial charge in [-0.05, 0) is 12.1 Å².